The molecule has 2 rings (SSSR count). The number of fused-ring (bicyclic) bond motifs is 1. The topological polar surface area (TPSA) is 98.2 Å². The van der Waals surface area contributed by atoms with Crippen LogP contribution in [-0.2, 0) is 16.8 Å². The molecule has 0 amide bonds. The summed E-state index contributed by atoms with van der Waals surface area (Å²) in [7, 11) is -3.74. The van der Waals surface area contributed by atoms with Crippen molar-refractivity contribution >= 4 is 32.8 Å². The Morgan fingerprint density at radius 2 is 2.25 bits per heavy atom. The quantitative estimate of drug-likeness (QED) is 0.853. The third-order valence-corrected chi connectivity index (χ3v) is 2.73. The molecule has 8 heteroatoms. The predicted octanol–water partition coefficient (Wildman–Crippen LogP) is 0.774. The highest BCUT2D eigenvalue weighted by molar-refractivity contribution is 7.87. The van der Waals surface area contributed by atoms with E-state index in [1.165, 1.54) is 0 Å². The molecule has 0 fully saturated rings. The number of nitrogens with two attached hydrogens (primary N) is 1. The van der Waals surface area contributed by atoms with Gasteiger partial charge in [-0.25, -0.2) is 5.14 Å². The van der Waals surface area contributed by atoms with Crippen molar-refractivity contribution in [3.8, 4) is 0 Å². The van der Waals surface area contributed by atoms with Gasteiger partial charge in [0.1, 0.15) is 5.69 Å². The second-order valence-corrected chi connectivity index (χ2v) is 4.95. The average Bonchev–Trinajstić information content (AvgIpc) is 2.56. The molecule has 16 heavy (non-hydrogen) atoms. The van der Waals surface area contributed by atoms with Crippen LogP contribution in [-0.4, -0.2) is 13.6 Å². The smallest absolute Gasteiger partial charge is 0.274 e. The highest BCUT2D eigenvalue weighted by Gasteiger charge is 2.10. The molecule has 0 bridgehead atoms. The molecule has 0 saturated carbocycles. The Morgan fingerprint density at radius 3 is 2.94 bits per heavy atom. The molecule has 0 saturated heterocycles. The van der Waals surface area contributed by atoms with Crippen LogP contribution in [0.3, 0.4) is 0 Å². The first-order chi connectivity index (χ1) is 7.46. The normalized spacial score (nSPS) is 12.1. The number of halogens is 1. The maximum absolute atomic E-state index is 10.7. The molecule has 1 aromatic heterocycles. The van der Waals surface area contributed by atoms with E-state index in [4.69, 9.17) is 21.3 Å². The summed E-state index contributed by atoms with van der Waals surface area (Å²) in [5.41, 5.74) is 0.974. The van der Waals surface area contributed by atoms with E-state index >= 15 is 0 Å². The van der Waals surface area contributed by atoms with E-state index in [-0.39, 0.29) is 6.54 Å². The van der Waals surface area contributed by atoms with Crippen molar-refractivity contribution in [1.29, 1.82) is 0 Å². The zero-order valence-corrected chi connectivity index (χ0v) is 9.55. The lowest BCUT2D eigenvalue weighted by atomic mass is 10.2. The zero-order chi connectivity index (χ0) is 11.8. The molecule has 86 valence electrons. The Morgan fingerprint density at radius 1 is 1.50 bits per heavy atom. The Hall–Kier alpha value is -1.15. The van der Waals surface area contributed by atoms with E-state index in [1.54, 1.807) is 18.2 Å². The lowest BCUT2D eigenvalue weighted by Gasteiger charge is -1.98. The van der Waals surface area contributed by atoms with Crippen molar-refractivity contribution in [3.05, 3.63) is 28.9 Å². The van der Waals surface area contributed by atoms with Gasteiger partial charge in [0.15, 0.2) is 5.58 Å². The van der Waals surface area contributed by atoms with Gasteiger partial charge in [0.25, 0.3) is 10.2 Å². The molecule has 0 unspecified atom stereocenters. The van der Waals surface area contributed by atoms with Gasteiger partial charge in [0.2, 0.25) is 0 Å². The van der Waals surface area contributed by atoms with Crippen molar-refractivity contribution in [1.82, 2.24) is 9.88 Å². The van der Waals surface area contributed by atoms with Crippen LogP contribution < -0.4 is 9.86 Å². The van der Waals surface area contributed by atoms with Crippen molar-refractivity contribution in [3.63, 3.8) is 0 Å². The van der Waals surface area contributed by atoms with E-state index in [1.807, 2.05) is 0 Å². The summed E-state index contributed by atoms with van der Waals surface area (Å²) in [6, 6.07) is 4.96. The Kier molecular flexibility index (Phi) is 2.85. The minimum absolute atomic E-state index is 0.0355. The number of nitrogens with zero attached hydrogens (tertiary/aromatic N) is 1. The standard InChI is InChI=1S/C8H8ClN3O3S/c9-5-1-2-8-6(3-5)7(12-15-8)4-11-16(10,13)14/h1-3,11H,4H2,(H2,10,13,14). The third-order valence-electron chi connectivity index (χ3n) is 1.95. The molecule has 0 aliphatic carbocycles. The van der Waals surface area contributed by atoms with Gasteiger partial charge in [-0.2, -0.15) is 13.1 Å². The maximum Gasteiger partial charge on any atom is 0.274 e. The monoisotopic (exact) mass is 261 g/mol. The number of hydrogen-bond acceptors (Lipinski definition) is 4. The minimum atomic E-state index is -3.74. The summed E-state index contributed by atoms with van der Waals surface area (Å²) in [6.07, 6.45) is 0. The molecule has 2 aromatic rings. The van der Waals surface area contributed by atoms with E-state index in [2.05, 4.69) is 9.88 Å². The van der Waals surface area contributed by atoms with Crippen LogP contribution in [0.2, 0.25) is 5.02 Å². The van der Waals surface area contributed by atoms with Crippen molar-refractivity contribution in [2.75, 3.05) is 0 Å². The van der Waals surface area contributed by atoms with Crippen LogP contribution in [0.4, 0.5) is 0 Å². The molecule has 0 radical (unpaired) electrons. The van der Waals surface area contributed by atoms with Gasteiger partial charge < -0.3 is 4.52 Å². The first-order valence-corrected chi connectivity index (χ1v) is 6.19. The molecule has 0 spiro atoms. The van der Waals surface area contributed by atoms with Crippen LogP contribution >= 0.6 is 11.6 Å². The fourth-order valence-corrected chi connectivity index (χ4v) is 1.77. The predicted molar refractivity (Wildman–Crippen MR) is 59.0 cm³/mol. The van der Waals surface area contributed by atoms with Gasteiger partial charge in [0, 0.05) is 10.4 Å². The molecular formula is C8H8ClN3O3S. The Balaban J connectivity index is 2.34. The maximum atomic E-state index is 10.7. The number of rotatable bonds is 3. The van der Waals surface area contributed by atoms with Crippen LogP contribution in [0.1, 0.15) is 5.69 Å². The molecule has 6 nitrogen and oxygen atoms in total. The van der Waals surface area contributed by atoms with Gasteiger partial charge in [-0.1, -0.05) is 16.8 Å². The zero-order valence-electron chi connectivity index (χ0n) is 7.97. The third kappa shape index (κ3) is 2.50. The summed E-state index contributed by atoms with van der Waals surface area (Å²) in [4.78, 5) is 0. The van der Waals surface area contributed by atoms with Crippen LogP contribution in [0.5, 0.6) is 0 Å². The van der Waals surface area contributed by atoms with Gasteiger partial charge in [-0.15, -0.1) is 0 Å². The largest absolute Gasteiger partial charge is 0.356 e. The summed E-state index contributed by atoms with van der Waals surface area (Å²) in [5.74, 6) is 0. The molecular weight excluding hydrogens is 254 g/mol. The van der Waals surface area contributed by atoms with Gasteiger partial charge in [-0.3, -0.25) is 0 Å². The molecule has 1 heterocycles. The lowest BCUT2D eigenvalue weighted by molar-refractivity contribution is 0.444. The summed E-state index contributed by atoms with van der Waals surface area (Å²) >= 11 is 5.80. The highest BCUT2D eigenvalue weighted by Crippen LogP contribution is 2.22. The van der Waals surface area contributed by atoms with Crippen molar-refractivity contribution < 1.29 is 12.9 Å². The molecule has 0 atom stereocenters. The van der Waals surface area contributed by atoms with Crippen LogP contribution in [0.15, 0.2) is 22.7 Å². The summed E-state index contributed by atoms with van der Waals surface area (Å²) < 4.78 is 28.5. The number of hydrogen-bond donors (Lipinski definition) is 2. The molecule has 0 aliphatic rings. The number of aromatic nitrogens is 1. The van der Waals surface area contributed by atoms with Gasteiger partial charge in [0.05, 0.1) is 6.54 Å². The fourth-order valence-electron chi connectivity index (χ4n) is 1.26. The number of nitrogens with one attached hydrogen (secondary N) is 1. The highest BCUT2D eigenvalue weighted by atomic mass is 35.5. The van der Waals surface area contributed by atoms with Crippen LogP contribution in [0, 0.1) is 0 Å². The van der Waals surface area contributed by atoms with E-state index in [0.717, 1.165) is 0 Å². The first kappa shape index (κ1) is 11.3. The van der Waals surface area contributed by atoms with Gasteiger partial charge >= 0.3 is 0 Å². The second-order valence-electron chi connectivity index (χ2n) is 3.14. The first-order valence-electron chi connectivity index (χ1n) is 4.27. The van der Waals surface area contributed by atoms with Crippen molar-refractivity contribution in [2.24, 2.45) is 5.14 Å². The molecule has 1 aromatic carbocycles. The van der Waals surface area contributed by atoms with E-state index < -0.39 is 10.2 Å². The second kappa shape index (κ2) is 4.02. The Labute approximate surface area is 96.5 Å². The average molecular weight is 262 g/mol. The molecule has 3 N–H and O–H groups in total. The molecule has 0 aliphatic heterocycles. The summed E-state index contributed by atoms with van der Waals surface area (Å²) in [5, 5.41) is 9.70. The van der Waals surface area contributed by atoms with Crippen LogP contribution in [0.25, 0.3) is 11.0 Å². The van der Waals surface area contributed by atoms with E-state index in [9.17, 15) is 8.42 Å². The lowest BCUT2D eigenvalue weighted by Crippen LogP contribution is -2.30. The van der Waals surface area contributed by atoms with E-state index in [0.29, 0.717) is 21.7 Å². The SMILES string of the molecule is NS(=O)(=O)NCc1noc2ccc(Cl)cc12. The minimum Gasteiger partial charge on any atom is -0.356 e. The number of benzene rings is 1. The summed E-state index contributed by atoms with van der Waals surface area (Å²) in [6.45, 7) is -0.0355. The Bertz CT molecular complexity index is 622. The van der Waals surface area contributed by atoms with Gasteiger partial charge in [-0.05, 0) is 18.2 Å². The van der Waals surface area contributed by atoms with Crippen molar-refractivity contribution in [2.45, 2.75) is 6.54 Å². The fraction of sp³-hybridized carbons (Fsp3) is 0.125.